The van der Waals surface area contributed by atoms with E-state index in [1.807, 2.05) is 39.0 Å². The maximum Gasteiger partial charge on any atom is 0.410 e. The second-order valence-corrected chi connectivity index (χ2v) is 8.50. The van der Waals surface area contributed by atoms with Gasteiger partial charge in [0.2, 0.25) is 0 Å². The summed E-state index contributed by atoms with van der Waals surface area (Å²) in [4.78, 5) is 21.1. The van der Waals surface area contributed by atoms with Gasteiger partial charge in [-0.3, -0.25) is 0 Å². The first-order chi connectivity index (χ1) is 13.8. The number of methoxy groups -OCH3 is 1. The lowest BCUT2D eigenvalue weighted by atomic mass is 10.1. The Bertz CT molecular complexity index is 861. The topological polar surface area (TPSA) is 66.9 Å². The molecule has 1 fully saturated rings. The van der Waals surface area contributed by atoms with Crippen LogP contribution in [-0.4, -0.2) is 68.0 Å². The fourth-order valence-corrected chi connectivity index (χ4v) is 3.39. The Kier molecular flexibility index (Phi) is 6.70. The molecule has 1 amide bonds. The summed E-state index contributed by atoms with van der Waals surface area (Å²) in [5.74, 6) is 0.794. The van der Waals surface area contributed by atoms with Crippen LogP contribution in [0, 0.1) is 0 Å². The van der Waals surface area contributed by atoms with Crippen LogP contribution in [-0.2, 0) is 9.47 Å². The van der Waals surface area contributed by atoms with E-state index >= 15 is 0 Å². The largest absolute Gasteiger partial charge is 0.444 e. The normalized spacial score (nSPS) is 14.9. The number of rotatable bonds is 5. The Morgan fingerprint density at radius 1 is 1.21 bits per heavy atom. The molecular weight excluding hydrogens is 392 g/mol. The van der Waals surface area contributed by atoms with Gasteiger partial charge in [0.05, 0.1) is 17.8 Å². The van der Waals surface area contributed by atoms with E-state index in [-0.39, 0.29) is 6.09 Å². The summed E-state index contributed by atoms with van der Waals surface area (Å²) in [6, 6.07) is 7.83. The number of nitrogens with zero attached hydrogens (tertiary/aromatic N) is 3. The highest BCUT2D eigenvalue weighted by Gasteiger charge is 2.27. The second kappa shape index (κ2) is 9.05. The molecule has 1 aliphatic rings. The third-order valence-corrected chi connectivity index (χ3v) is 4.87. The van der Waals surface area contributed by atoms with Crippen molar-refractivity contribution in [2.75, 3.05) is 56.7 Å². The molecule has 2 aromatic rings. The Balaban J connectivity index is 1.78. The summed E-state index contributed by atoms with van der Waals surface area (Å²) in [5.41, 5.74) is 1.37. The van der Waals surface area contributed by atoms with E-state index < -0.39 is 5.60 Å². The molecule has 7 nitrogen and oxygen atoms in total. The number of aromatic nitrogens is 1. The average Bonchev–Trinajstić information content (AvgIpc) is 2.66. The van der Waals surface area contributed by atoms with Gasteiger partial charge >= 0.3 is 6.09 Å². The minimum absolute atomic E-state index is 0.262. The first-order valence-electron chi connectivity index (χ1n) is 9.83. The Morgan fingerprint density at radius 3 is 2.59 bits per heavy atom. The van der Waals surface area contributed by atoms with Crippen LogP contribution in [0.2, 0.25) is 5.02 Å². The van der Waals surface area contributed by atoms with Crippen molar-refractivity contribution in [1.82, 2.24) is 9.88 Å². The number of carbonyl (C=O) groups is 1. The predicted molar refractivity (Wildman–Crippen MR) is 117 cm³/mol. The zero-order valence-electron chi connectivity index (χ0n) is 17.5. The molecule has 3 rings (SSSR count). The first kappa shape index (κ1) is 21.5. The van der Waals surface area contributed by atoms with Crippen molar-refractivity contribution in [3.63, 3.8) is 0 Å². The third kappa shape index (κ3) is 5.64. The first-order valence-corrected chi connectivity index (χ1v) is 10.2. The van der Waals surface area contributed by atoms with Crippen LogP contribution in [0.25, 0.3) is 10.9 Å². The van der Waals surface area contributed by atoms with Crippen LogP contribution in [0.4, 0.5) is 16.3 Å². The number of anilines is 2. The highest BCUT2D eigenvalue weighted by Crippen LogP contribution is 2.30. The van der Waals surface area contributed by atoms with Gasteiger partial charge in [0.1, 0.15) is 11.4 Å². The number of nitrogens with one attached hydrogen (secondary N) is 1. The summed E-state index contributed by atoms with van der Waals surface area (Å²) in [5, 5.41) is 5.05. The van der Waals surface area contributed by atoms with Crippen LogP contribution < -0.4 is 10.2 Å². The number of ether oxygens (including phenoxy) is 2. The number of carbonyl (C=O) groups excluding carboxylic acids is 1. The molecule has 0 radical (unpaired) electrons. The van der Waals surface area contributed by atoms with E-state index in [9.17, 15) is 4.79 Å². The molecule has 1 aromatic carbocycles. The van der Waals surface area contributed by atoms with E-state index in [1.165, 1.54) is 0 Å². The Labute approximate surface area is 176 Å². The van der Waals surface area contributed by atoms with E-state index in [0.29, 0.717) is 44.4 Å². The molecule has 0 saturated carbocycles. The predicted octanol–water partition coefficient (Wildman–Crippen LogP) is 4.00. The quantitative estimate of drug-likeness (QED) is 0.737. The number of amides is 1. The van der Waals surface area contributed by atoms with Crippen molar-refractivity contribution in [2.45, 2.75) is 26.4 Å². The molecule has 1 saturated heterocycles. The molecular formula is C21H29ClN4O3. The number of benzene rings is 1. The standard InChI is InChI=1S/C21H29ClN4O3/c1-21(2,3)29-20(27)26-10-8-25(9-11-26)18-13-15-5-6-16(22)14-17(15)24-19(18)23-7-12-28-4/h5-6,13-14H,7-12H2,1-4H3,(H,23,24). The fraction of sp³-hybridized carbons (Fsp3) is 0.524. The Morgan fingerprint density at radius 2 is 1.93 bits per heavy atom. The Hall–Kier alpha value is -2.25. The van der Waals surface area contributed by atoms with Crippen LogP contribution in [0.3, 0.4) is 0 Å². The van der Waals surface area contributed by atoms with Crippen molar-refractivity contribution in [1.29, 1.82) is 0 Å². The zero-order valence-corrected chi connectivity index (χ0v) is 18.3. The SMILES string of the molecule is COCCNc1nc2cc(Cl)ccc2cc1N1CCN(C(=O)OC(C)(C)C)CC1. The molecule has 158 valence electrons. The molecule has 0 bridgehead atoms. The van der Waals surface area contributed by atoms with Gasteiger partial charge in [-0.1, -0.05) is 17.7 Å². The summed E-state index contributed by atoms with van der Waals surface area (Å²) < 4.78 is 10.6. The van der Waals surface area contributed by atoms with E-state index in [0.717, 1.165) is 22.4 Å². The number of fused-ring (bicyclic) bond motifs is 1. The summed E-state index contributed by atoms with van der Waals surface area (Å²) >= 11 is 6.14. The lowest BCUT2D eigenvalue weighted by molar-refractivity contribution is 0.0240. The highest BCUT2D eigenvalue weighted by molar-refractivity contribution is 6.31. The second-order valence-electron chi connectivity index (χ2n) is 8.07. The van der Waals surface area contributed by atoms with Gasteiger partial charge in [-0.15, -0.1) is 0 Å². The van der Waals surface area contributed by atoms with Gasteiger partial charge in [-0.25, -0.2) is 9.78 Å². The molecule has 1 aliphatic heterocycles. The molecule has 1 N–H and O–H groups in total. The molecule has 2 heterocycles. The minimum Gasteiger partial charge on any atom is -0.444 e. The molecule has 0 atom stereocenters. The summed E-state index contributed by atoms with van der Waals surface area (Å²) in [6.07, 6.45) is -0.262. The molecule has 29 heavy (non-hydrogen) atoms. The van der Waals surface area contributed by atoms with Crippen molar-refractivity contribution in [3.05, 3.63) is 29.3 Å². The molecule has 8 heteroatoms. The van der Waals surface area contributed by atoms with E-state index in [2.05, 4.69) is 16.3 Å². The van der Waals surface area contributed by atoms with Crippen LogP contribution in [0.1, 0.15) is 20.8 Å². The third-order valence-electron chi connectivity index (χ3n) is 4.63. The maximum atomic E-state index is 12.3. The van der Waals surface area contributed by atoms with Gasteiger partial charge in [-0.05, 0) is 39.0 Å². The lowest BCUT2D eigenvalue weighted by Crippen LogP contribution is -2.50. The smallest absolute Gasteiger partial charge is 0.410 e. The van der Waals surface area contributed by atoms with Crippen LogP contribution >= 0.6 is 11.6 Å². The number of hydrogen-bond acceptors (Lipinski definition) is 6. The molecule has 0 aliphatic carbocycles. The summed E-state index contributed by atoms with van der Waals surface area (Å²) in [6.45, 7) is 9.50. The summed E-state index contributed by atoms with van der Waals surface area (Å²) in [7, 11) is 1.67. The van der Waals surface area contributed by atoms with E-state index in [1.54, 1.807) is 12.0 Å². The minimum atomic E-state index is -0.490. The van der Waals surface area contributed by atoms with Crippen LogP contribution in [0.5, 0.6) is 0 Å². The highest BCUT2D eigenvalue weighted by atomic mass is 35.5. The number of halogens is 1. The van der Waals surface area contributed by atoms with Crippen molar-refractivity contribution in [2.24, 2.45) is 0 Å². The molecule has 0 unspecified atom stereocenters. The van der Waals surface area contributed by atoms with E-state index in [4.69, 9.17) is 26.1 Å². The lowest BCUT2D eigenvalue weighted by Gasteiger charge is -2.37. The van der Waals surface area contributed by atoms with Gasteiger partial charge in [0, 0.05) is 50.2 Å². The molecule has 0 spiro atoms. The average molecular weight is 421 g/mol. The van der Waals surface area contributed by atoms with Crippen molar-refractivity contribution in [3.8, 4) is 0 Å². The number of piperazine rings is 1. The monoisotopic (exact) mass is 420 g/mol. The number of pyridine rings is 1. The van der Waals surface area contributed by atoms with Gasteiger partial charge < -0.3 is 24.6 Å². The zero-order chi connectivity index (χ0) is 21.0. The fourth-order valence-electron chi connectivity index (χ4n) is 3.23. The maximum absolute atomic E-state index is 12.3. The van der Waals surface area contributed by atoms with Gasteiger partial charge in [0.25, 0.3) is 0 Å². The van der Waals surface area contributed by atoms with Crippen molar-refractivity contribution < 1.29 is 14.3 Å². The molecule has 1 aromatic heterocycles. The van der Waals surface area contributed by atoms with Crippen molar-refractivity contribution >= 4 is 40.1 Å². The van der Waals surface area contributed by atoms with Crippen LogP contribution in [0.15, 0.2) is 24.3 Å². The van der Waals surface area contributed by atoms with Gasteiger partial charge in [-0.2, -0.15) is 0 Å². The van der Waals surface area contributed by atoms with Gasteiger partial charge in [0.15, 0.2) is 0 Å². The number of hydrogen-bond donors (Lipinski definition) is 1.